The smallest absolute Gasteiger partial charge is 0.270 e. The number of hydrogen-bond acceptors (Lipinski definition) is 5. The van der Waals surface area contributed by atoms with Crippen molar-refractivity contribution in [2.24, 2.45) is 0 Å². The predicted molar refractivity (Wildman–Crippen MR) is 90.3 cm³/mol. The van der Waals surface area contributed by atoms with Crippen LogP contribution in [0, 0.1) is 6.92 Å². The molecule has 6 nitrogen and oxygen atoms in total. The molecule has 0 saturated heterocycles. The number of amides is 1. The Bertz CT molecular complexity index is 679. The van der Waals surface area contributed by atoms with Crippen molar-refractivity contribution in [1.29, 1.82) is 0 Å². The highest BCUT2D eigenvalue weighted by Crippen LogP contribution is 2.21. The van der Waals surface area contributed by atoms with Gasteiger partial charge in [0.25, 0.3) is 5.91 Å². The molecule has 1 aromatic carbocycles. The zero-order valence-corrected chi connectivity index (χ0v) is 13.9. The van der Waals surface area contributed by atoms with Crippen LogP contribution in [0.5, 0.6) is 0 Å². The molecule has 2 rings (SSSR count). The molecule has 122 valence electrons. The highest BCUT2D eigenvalue weighted by molar-refractivity contribution is 6.31. The minimum absolute atomic E-state index is 0.242. The number of carbonyl (C=O) groups is 1. The standard InChI is InChI=1S/C16H19ClN4O2/c1-11-4-5-12(10-13(11)17)20-16-19-8-6-14(21-16)15(22)18-7-3-9-23-2/h4-6,8,10H,3,7,9H2,1-2H3,(H,18,22)(H,19,20,21). The van der Waals surface area contributed by atoms with E-state index in [2.05, 4.69) is 20.6 Å². The Morgan fingerprint density at radius 1 is 1.35 bits per heavy atom. The van der Waals surface area contributed by atoms with Gasteiger partial charge in [-0.25, -0.2) is 9.97 Å². The quantitative estimate of drug-likeness (QED) is 0.761. The van der Waals surface area contributed by atoms with Crippen molar-refractivity contribution >= 4 is 29.1 Å². The third-order valence-electron chi connectivity index (χ3n) is 3.13. The van der Waals surface area contributed by atoms with Crippen LogP contribution < -0.4 is 10.6 Å². The lowest BCUT2D eigenvalue weighted by Crippen LogP contribution is -2.26. The van der Waals surface area contributed by atoms with E-state index in [0.717, 1.165) is 17.7 Å². The van der Waals surface area contributed by atoms with Crippen LogP contribution in [0.4, 0.5) is 11.6 Å². The summed E-state index contributed by atoms with van der Waals surface area (Å²) in [6.07, 6.45) is 2.29. The highest BCUT2D eigenvalue weighted by Gasteiger charge is 2.08. The molecule has 7 heteroatoms. The van der Waals surface area contributed by atoms with Crippen molar-refractivity contribution in [3.05, 3.63) is 46.7 Å². The second-order valence-corrected chi connectivity index (χ2v) is 5.36. The Labute approximate surface area is 140 Å². The zero-order valence-electron chi connectivity index (χ0n) is 13.1. The van der Waals surface area contributed by atoms with Crippen LogP contribution in [-0.4, -0.2) is 36.1 Å². The molecule has 0 spiro atoms. The number of hydrogen-bond donors (Lipinski definition) is 2. The van der Waals surface area contributed by atoms with E-state index in [4.69, 9.17) is 16.3 Å². The summed E-state index contributed by atoms with van der Waals surface area (Å²) in [6.45, 7) is 3.06. The first-order valence-electron chi connectivity index (χ1n) is 7.23. The minimum Gasteiger partial charge on any atom is -0.385 e. The summed E-state index contributed by atoms with van der Waals surface area (Å²) >= 11 is 6.09. The van der Waals surface area contributed by atoms with Crippen molar-refractivity contribution in [3.8, 4) is 0 Å². The molecule has 0 bridgehead atoms. The van der Waals surface area contributed by atoms with E-state index >= 15 is 0 Å². The van der Waals surface area contributed by atoms with E-state index in [1.165, 1.54) is 6.20 Å². The van der Waals surface area contributed by atoms with Crippen LogP contribution in [0.1, 0.15) is 22.5 Å². The van der Waals surface area contributed by atoms with Crippen molar-refractivity contribution in [3.63, 3.8) is 0 Å². The highest BCUT2D eigenvalue weighted by atomic mass is 35.5. The van der Waals surface area contributed by atoms with E-state index in [-0.39, 0.29) is 5.91 Å². The zero-order chi connectivity index (χ0) is 16.7. The minimum atomic E-state index is -0.242. The van der Waals surface area contributed by atoms with Crippen molar-refractivity contribution in [2.45, 2.75) is 13.3 Å². The van der Waals surface area contributed by atoms with Gasteiger partial charge in [0.2, 0.25) is 5.95 Å². The molecule has 0 fully saturated rings. The Kier molecular flexibility index (Phi) is 6.31. The molecule has 2 N–H and O–H groups in total. The topological polar surface area (TPSA) is 76.1 Å². The molecule has 2 aromatic rings. The van der Waals surface area contributed by atoms with Crippen LogP contribution in [0.25, 0.3) is 0 Å². The number of ether oxygens (including phenoxy) is 1. The van der Waals surface area contributed by atoms with E-state index in [0.29, 0.717) is 29.8 Å². The molecule has 1 aromatic heterocycles. The first-order chi connectivity index (χ1) is 11.1. The molecule has 0 saturated carbocycles. The molecule has 0 radical (unpaired) electrons. The van der Waals surface area contributed by atoms with Gasteiger partial charge < -0.3 is 15.4 Å². The Hall–Kier alpha value is -2.18. The summed E-state index contributed by atoms with van der Waals surface area (Å²) in [4.78, 5) is 20.3. The average molecular weight is 335 g/mol. The Morgan fingerprint density at radius 2 is 2.17 bits per heavy atom. The molecule has 0 atom stereocenters. The van der Waals surface area contributed by atoms with Crippen LogP contribution in [0.3, 0.4) is 0 Å². The number of benzene rings is 1. The van der Waals surface area contributed by atoms with Gasteiger partial charge in [0, 0.05) is 37.2 Å². The second-order valence-electron chi connectivity index (χ2n) is 4.96. The lowest BCUT2D eigenvalue weighted by molar-refractivity contribution is 0.0943. The maximum atomic E-state index is 12.0. The number of aryl methyl sites for hydroxylation is 1. The van der Waals surface area contributed by atoms with Gasteiger partial charge in [0.1, 0.15) is 5.69 Å². The van der Waals surface area contributed by atoms with E-state index in [1.54, 1.807) is 19.2 Å². The maximum Gasteiger partial charge on any atom is 0.270 e. The second kappa shape index (κ2) is 8.45. The lowest BCUT2D eigenvalue weighted by atomic mass is 10.2. The summed E-state index contributed by atoms with van der Waals surface area (Å²) in [7, 11) is 1.63. The SMILES string of the molecule is COCCCNC(=O)c1ccnc(Nc2ccc(C)c(Cl)c2)n1. The van der Waals surface area contributed by atoms with E-state index < -0.39 is 0 Å². The summed E-state index contributed by atoms with van der Waals surface area (Å²) in [5.41, 5.74) is 2.05. The van der Waals surface area contributed by atoms with Gasteiger partial charge in [-0.3, -0.25) is 4.79 Å². The maximum absolute atomic E-state index is 12.0. The van der Waals surface area contributed by atoms with Crippen LogP contribution in [0.15, 0.2) is 30.5 Å². The number of anilines is 2. The number of methoxy groups -OCH3 is 1. The number of nitrogens with one attached hydrogen (secondary N) is 2. The summed E-state index contributed by atoms with van der Waals surface area (Å²) in [6, 6.07) is 7.13. The van der Waals surface area contributed by atoms with Gasteiger partial charge in [-0.15, -0.1) is 0 Å². The van der Waals surface area contributed by atoms with Gasteiger partial charge in [-0.05, 0) is 37.1 Å². The third kappa shape index (κ3) is 5.19. The van der Waals surface area contributed by atoms with Gasteiger partial charge >= 0.3 is 0 Å². The van der Waals surface area contributed by atoms with Crippen molar-refractivity contribution in [1.82, 2.24) is 15.3 Å². The third-order valence-corrected chi connectivity index (χ3v) is 3.53. The fourth-order valence-corrected chi connectivity index (χ4v) is 2.03. The van der Waals surface area contributed by atoms with Crippen LogP contribution in [0.2, 0.25) is 5.02 Å². The molecular formula is C16H19ClN4O2. The molecule has 1 amide bonds. The molecular weight excluding hydrogens is 316 g/mol. The molecule has 0 aliphatic heterocycles. The Morgan fingerprint density at radius 3 is 2.91 bits per heavy atom. The fourth-order valence-electron chi connectivity index (χ4n) is 1.85. The summed E-state index contributed by atoms with van der Waals surface area (Å²) in [5, 5.41) is 6.47. The molecule has 0 aliphatic carbocycles. The van der Waals surface area contributed by atoms with Gasteiger partial charge in [-0.1, -0.05) is 17.7 Å². The molecule has 1 heterocycles. The normalized spacial score (nSPS) is 10.4. The van der Waals surface area contributed by atoms with Gasteiger partial charge in [0.05, 0.1) is 0 Å². The lowest BCUT2D eigenvalue weighted by Gasteiger charge is -2.08. The fraction of sp³-hybridized carbons (Fsp3) is 0.312. The number of halogens is 1. The van der Waals surface area contributed by atoms with Crippen molar-refractivity contribution < 1.29 is 9.53 Å². The average Bonchev–Trinajstić information content (AvgIpc) is 2.55. The van der Waals surface area contributed by atoms with E-state index in [9.17, 15) is 4.79 Å². The number of nitrogens with zero attached hydrogens (tertiary/aromatic N) is 2. The molecule has 23 heavy (non-hydrogen) atoms. The number of carbonyl (C=O) groups excluding carboxylic acids is 1. The summed E-state index contributed by atoms with van der Waals surface area (Å²) < 4.78 is 4.94. The van der Waals surface area contributed by atoms with E-state index in [1.807, 2.05) is 19.1 Å². The first-order valence-corrected chi connectivity index (χ1v) is 7.61. The number of rotatable bonds is 7. The monoisotopic (exact) mass is 334 g/mol. The van der Waals surface area contributed by atoms with Gasteiger partial charge in [-0.2, -0.15) is 0 Å². The first kappa shape index (κ1) is 17.2. The van der Waals surface area contributed by atoms with Crippen LogP contribution >= 0.6 is 11.6 Å². The molecule has 0 aliphatic rings. The van der Waals surface area contributed by atoms with Gasteiger partial charge in [0.15, 0.2) is 0 Å². The number of aromatic nitrogens is 2. The predicted octanol–water partition coefficient (Wildman–Crippen LogP) is 2.95. The largest absolute Gasteiger partial charge is 0.385 e. The Balaban J connectivity index is 2.01. The summed E-state index contributed by atoms with van der Waals surface area (Å²) in [5.74, 6) is 0.1000. The van der Waals surface area contributed by atoms with Crippen LogP contribution in [-0.2, 0) is 4.74 Å². The van der Waals surface area contributed by atoms with Crippen molar-refractivity contribution in [2.75, 3.05) is 25.6 Å². The molecule has 0 unspecified atom stereocenters.